The molecule has 2 rings (SSSR count). The molecule has 1 aliphatic heterocycles. The van der Waals surface area contributed by atoms with Crippen LogP contribution < -0.4 is 4.46 Å². The molecule has 0 amide bonds. The molecule has 0 N–H and O–H groups in total. The van der Waals surface area contributed by atoms with Crippen molar-refractivity contribution in [3.05, 3.63) is 29.3 Å². The van der Waals surface area contributed by atoms with Gasteiger partial charge in [-0.1, -0.05) is 0 Å². The normalized spacial score (nSPS) is 21.3. The molecule has 0 bridgehead atoms. The van der Waals surface area contributed by atoms with Crippen LogP contribution in [-0.2, 0) is 14.2 Å². The van der Waals surface area contributed by atoms with Crippen molar-refractivity contribution >= 4 is 19.4 Å². The van der Waals surface area contributed by atoms with Gasteiger partial charge in [0.2, 0.25) is 0 Å². The predicted octanol–water partition coefficient (Wildman–Crippen LogP) is 5.61. The molecule has 3 nitrogen and oxygen atoms in total. The zero-order valence-electron chi connectivity index (χ0n) is 18.9. The monoisotopic (exact) mass is 456 g/mol. The van der Waals surface area contributed by atoms with E-state index in [1.165, 1.54) is 34.9 Å². The van der Waals surface area contributed by atoms with Gasteiger partial charge in [0.05, 0.1) is 0 Å². The third-order valence-electron chi connectivity index (χ3n) is 5.44. The summed E-state index contributed by atoms with van der Waals surface area (Å²) in [5.74, 6) is 0. The summed E-state index contributed by atoms with van der Waals surface area (Å²) in [5, 5.41) is 0. The van der Waals surface area contributed by atoms with Gasteiger partial charge in [0.25, 0.3) is 0 Å². The molecule has 1 aromatic carbocycles. The molecule has 1 aromatic rings. The maximum atomic E-state index is 6.29. The number of rotatable bonds is 9. The van der Waals surface area contributed by atoms with Gasteiger partial charge in [-0.2, -0.15) is 0 Å². The molecular weight excluding hydrogens is 415 g/mol. The number of ether oxygens (including phenoxy) is 3. The zero-order chi connectivity index (χ0) is 20.7. The molecule has 28 heavy (non-hydrogen) atoms. The summed E-state index contributed by atoms with van der Waals surface area (Å²) in [4.78, 5) is 0.530. The second-order valence-corrected chi connectivity index (χ2v) is 11.2. The van der Waals surface area contributed by atoms with Gasteiger partial charge in [-0.05, 0) is 0 Å². The topological polar surface area (TPSA) is 27.7 Å². The van der Waals surface area contributed by atoms with E-state index in [9.17, 15) is 0 Å². The Hall–Kier alpha value is -0.381. The van der Waals surface area contributed by atoms with Crippen LogP contribution in [0.3, 0.4) is 0 Å². The van der Waals surface area contributed by atoms with Gasteiger partial charge in [0.15, 0.2) is 0 Å². The van der Waals surface area contributed by atoms with Crippen LogP contribution >= 0.6 is 0 Å². The molecule has 1 aliphatic rings. The summed E-state index contributed by atoms with van der Waals surface area (Å²) in [6.45, 7) is 18.0. The van der Waals surface area contributed by atoms with Gasteiger partial charge in [-0.15, -0.1) is 0 Å². The molecule has 4 heteroatoms. The van der Waals surface area contributed by atoms with Crippen LogP contribution in [0.25, 0.3) is 0 Å². The van der Waals surface area contributed by atoms with Gasteiger partial charge in [-0.3, -0.25) is 0 Å². The summed E-state index contributed by atoms with van der Waals surface area (Å²) >= 11 is 0.281. The van der Waals surface area contributed by atoms with E-state index in [-0.39, 0.29) is 32.6 Å². The Morgan fingerprint density at radius 3 is 2.04 bits per heavy atom. The van der Waals surface area contributed by atoms with E-state index in [1.807, 2.05) is 0 Å². The van der Waals surface area contributed by atoms with E-state index in [2.05, 4.69) is 66.7 Å². The molecule has 0 saturated carbocycles. The minimum atomic E-state index is 0.101. The van der Waals surface area contributed by atoms with Crippen molar-refractivity contribution in [2.24, 2.45) is 5.41 Å². The van der Waals surface area contributed by atoms with E-state index in [1.54, 1.807) is 0 Å². The molecule has 0 aromatic heterocycles. The fourth-order valence-corrected chi connectivity index (χ4v) is 7.57. The third kappa shape index (κ3) is 6.31. The fourth-order valence-electron chi connectivity index (χ4n) is 3.97. The molecule has 1 saturated heterocycles. The first-order valence-corrected chi connectivity index (χ1v) is 12.8. The molecule has 1 fully saturated rings. The van der Waals surface area contributed by atoms with Crippen LogP contribution in [0.15, 0.2) is 18.2 Å². The molecular formula is C24H40O3Se. The summed E-state index contributed by atoms with van der Waals surface area (Å²) < 4.78 is 19.8. The van der Waals surface area contributed by atoms with Gasteiger partial charge >= 0.3 is 179 Å². The second kappa shape index (κ2) is 11.1. The summed E-state index contributed by atoms with van der Waals surface area (Å²) in [7, 11) is 0. The summed E-state index contributed by atoms with van der Waals surface area (Å²) in [5.41, 5.74) is 2.86. The maximum absolute atomic E-state index is 6.29. The van der Waals surface area contributed by atoms with E-state index in [0.29, 0.717) is 10.9 Å². The van der Waals surface area contributed by atoms with Crippen LogP contribution in [0.4, 0.5) is 0 Å². The van der Waals surface area contributed by atoms with Crippen molar-refractivity contribution in [1.82, 2.24) is 0 Å². The zero-order valence-corrected chi connectivity index (χ0v) is 20.6. The average molecular weight is 456 g/mol. The average Bonchev–Trinajstić information content (AvgIpc) is 2.66. The first kappa shape index (κ1) is 23.9. The van der Waals surface area contributed by atoms with Crippen LogP contribution in [-0.4, -0.2) is 40.9 Å². The van der Waals surface area contributed by atoms with Crippen molar-refractivity contribution in [3.63, 3.8) is 0 Å². The molecule has 160 valence electrons. The Balaban J connectivity index is 2.45. The Morgan fingerprint density at radius 2 is 1.61 bits per heavy atom. The van der Waals surface area contributed by atoms with Crippen LogP contribution in [0.1, 0.15) is 91.1 Å². The minimum absolute atomic E-state index is 0.101. The van der Waals surface area contributed by atoms with E-state index < -0.39 is 0 Å². The Bertz CT molecular complexity index is 560. The Labute approximate surface area is 179 Å². The van der Waals surface area contributed by atoms with Crippen molar-refractivity contribution in [1.29, 1.82) is 0 Å². The van der Waals surface area contributed by atoms with Crippen molar-refractivity contribution < 1.29 is 14.2 Å². The van der Waals surface area contributed by atoms with Gasteiger partial charge < -0.3 is 0 Å². The van der Waals surface area contributed by atoms with Gasteiger partial charge in [-0.25, -0.2) is 0 Å². The third-order valence-corrected chi connectivity index (χ3v) is 9.57. The van der Waals surface area contributed by atoms with E-state index >= 15 is 0 Å². The summed E-state index contributed by atoms with van der Waals surface area (Å²) in [6.07, 6.45) is 4.23. The first-order valence-electron chi connectivity index (χ1n) is 10.9. The Kier molecular flexibility index (Phi) is 9.50. The van der Waals surface area contributed by atoms with Crippen LogP contribution in [0, 0.1) is 5.41 Å². The quantitative estimate of drug-likeness (QED) is 0.453. The second-order valence-electron chi connectivity index (χ2n) is 8.77. The Morgan fingerprint density at radius 1 is 1.04 bits per heavy atom. The number of hydrogen-bond acceptors (Lipinski definition) is 3. The van der Waals surface area contributed by atoms with E-state index in [0.717, 1.165) is 19.8 Å². The first-order chi connectivity index (χ1) is 13.3. The van der Waals surface area contributed by atoms with Gasteiger partial charge in [0.1, 0.15) is 0 Å². The van der Waals surface area contributed by atoms with Crippen LogP contribution in [0.5, 0.6) is 0 Å². The molecule has 4 atom stereocenters. The van der Waals surface area contributed by atoms with Crippen molar-refractivity contribution in [2.45, 2.75) is 90.9 Å². The van der Waals surface area contributed by atoms with Crippen LogP contribution in [0.2, 0.25) is 4.82 Å². The molecule has 0 aliphatic carbocycles. The number of benzene rings is 1. The number of hydrogen-bond donors (Lipinski definition) is 0. The SMILES string of the molecule is CCO[C@H](C)c1cccc([C@@H](C)OCC)c1[Se][C@@H]([C@H]1CCCCO1)C(C)(C)C. The molecule has 0 unspecified atom stereocenters. The summed E-state index contributed by atoms with van der Waals surface area (Å²) in [6, 6.07) is 6.67. The van der Waals surface area contributed by atoms with E-state index in [4.69, 9.17) is 14.2 Å². The molecule has 0 radical (unpaired) electrons. The molecule has 0 spiro atoms. The van der Waals surface area contributed by atoms with Gasteiger partial charge in [0, 0.05) is 0 Å². The molecule has 1 heterocycles. The van der Waals surface area contributed by atoms with Crippen molar-refractivity contribution in [2.75, 3.05) is 19.8 Å². The van der Waals surface area contributed by atoms with Crippen molar-refractivity contribution in [3.8, 4) is 0 Å². The predicted molar refractivity (Wildman–Crippen MR) is 119 cm³/mol. The standard InChI is InChI=1S/C24H40O3Se/c1-8-25-17(3)19-13-12-14-20(18(4)26-9-2)22(19)28-23(24(5,6)7)21-15-10-11-16-27-21/h12-14,17-18,21,23H,8-11,15-16H2,1-7H3/t17-,18-,21-,23+/m1/s1. The fraction of sp³-hybridized carbons (Fsp3) is 0.750.